The van der Waals surface area contributed by atoms with Crippen LogP contribution in [0.25, 0.3) is 15.8 Å². The monoisotopic (exact) mass is 409 g/mol. The predicted molar refractivity (Wildman–Crippen MR) is 117 cm³/mol. The van der Waals surface area contributed by atoms with E-state index in [4.69, 9.17) is 4.74 Å². The maximum atomic E-state index is 12.5. The summed E-state index contributed by atoms with van der Waals surface area (Å²) in [6, 6.07) is 13.0. The van der Waals surface area contributed by atoms with Crippen LogP contribution < -0.4 is 10.1 Å². The van der Waals surface area contributed by atoms with Crippen LogP contribution in [0.15, 0.2) is 48.5 Å². The van der Waals surface area contributed by atoms with E-state index >= 15 is 0 Å². The van der Waals surface area contributed by atoms with Crippen LogP contribution in [0.2, 0.25) is 0 Å². The number of benzene rings is 2. The van der Waals surface area contributed by atoms with E-state index in [1.54, 1.807) is 12.1 Å². The number of thiazole rings is 1. The number of carbonyl (C=O) groups is 1. The fraction of sp³-hybridized carbons (Fsp3) is 0.273. The molecule has 0 saturated carbocycles. The van der Waals surface area contributed by atoms with E-state index in [-0.39, 0.29) is 11.7 Å². The molecule has 2 aromatic carbocycles. The number of amides is 1. The number of fused-ring (bicyclic) bond motifs is 1. The topological polar surface area (TPSA) is 74.7 Å². The van der Waals surface area contributed by atoms with Crippen LogP contribution in [-0.2, 0) is 4.79 Å². The van der Waals surface area contributed by atoms with E-state index in [0.717, 1.165) is 41.0 Å². The van der Waals surface area contributed by atoms with Crippen LogP contribution in [0.1, 0.15) is 18.9 Å². The molecule has 6 nitrogen and oxygen atoms in total. The number of anilines is 1. The average Bonchev–Trinajstić information content (AvgIpc) is 3.11. The Morgan fingerprint density at radius 2 is 2.10 bits per heavy atom. The molecular formula is C22H23N3O3S. The molecule has 0 spiro atoms. The number of aromatic nitrogens is 1. The van der Waals surface area contributed by atoms with Gasteiger partial charge in [-0.25, -0.2) is 4.98 Å². The standard InChI is InChI=1S/C22H23N3O3S/c1-2-28-18-7-8-19-20(13-18)29-22(23-19)24-21(27)14-25-11-9-16(10-12-25)15-3-5-17(26)6-4-15/h3-9,13,26H,2,10-12,14H2,1H3,(H,23,24,27). The van der Waals surface area contributed by atoms with E-state index in [1.807, 2.05) is 37.3 Å². The second-order valence-corrected chi connectivity index (χ2v) is 7.92. The third-order valence-electron chi connectivity index (χ3n) is 4.82. The van der Waals surface area contributed by atoms with Gasteiger partial charge in [0.05, 0.1) is 23.4 Å². The fourth-order valence-corrected chi connectivity index (χ4v) is 4.28. The Hall–Kier alpha value is -2.90. The molecule has 2 N–H and O–H groups in total. The third-order valence-corrected chi connectivity index (χ3v) is 5.75. The smallest absolute Gasteiger partial charge is 0.240 e. The molecule has 0 unspecified atom stereocenters. The van der Waals surface area contributed by atoms with Crippen molar-refractivity contribution in [3.05, 3.63) is 54.1 Å². The molecule has 3 aromatic rings. The number of phenolic OH excluding ortho intramolecular Hbond substituents is 1. The van der Waals surface area contributed by atoms with Crippen LogP contribution in [0.5, 0.6) is 11.5 Å². The number of nitrogens with one attached hydrogen (secondary N) is 1. The minimum Gasteiger partial charge on any atom is -0.508 e. The van der Waals surface area contributed by atoms with E-state index in [0.29, 0.717) is 18.3 Å². The Labute approximate surface area is 173 Å². The number of phenols is 1. The first-order valence-corrected chi connectivity index (χ1v) is 10.5. The highest BCUT2D eigenvalue weighted by molar-refractivity contribution is 7.22. The number of rotatable bonds is 6. The molecule has 0 bridgehead atoms. The van der Waals surface area contributed by atoms with E-state index in [9.17, 15) is 9.90 Å². The molecule has 0 radical (unpaired) electrons. The summed E-state index contributed by atoms with van der Waals surface area (Å²) in [5.74, 6) is 1.02. The zero-order valence-corrected chi connectivity index (χ0v) is 17.0. The Bertz CT molecular complexity index is 1040. The summed E-state index contributed by atoms with van der Waals surface area (Å²) < 4.78 is 6.51. The Morgan fingerprint density at radius 3 is 2.83 bits per heavy atom. The van der Waals surface area contributed by atoms with Crippen LogP contribution in [-0.4, -0.2) is 47.1 Å². The van der Waals surface area contributed by atoms with Crippen molar-refractivity contribution in [3.63, 3.8) is 0 Å². The molecule has 4 rings (SSSR count). The first kappa shape index (κ1) is 19.4. The molecule has 0 atom stereocenters. The largest absolute Gasteiger partial charge is 0.508 e. The zero-order chi connectivity index (χ0) is 20.2. The van der Waals surface area contributed by atoms with Crippen LogP contribution in [0, 0.1) is 0 Å². The number of ether oxygens (including phenoxy) is 1. The number of hydrogen-bond acceptors (Lipinski definition) is 6. The van der Waals surface area contributed by atoms with Crippen molar-refractivity contribution < 1.29 is 14.6 Å². The van der Waals surface area contributed by atoms with Crippen molar-refractivity contribution >= 4 is 38.2 Å². The highest BCUT2D eigenvalue weighted by atomic mass is 32.1. The number of hydrogen-bond donors (Lipinski definition) is 2. The number of aromatic hydroxyl groups is 1. The first-order valence-electron chi connectivity index (χ1n) is 9.65. The van der Waals surface area contributed by atoms with E-state index < -0.39 is 0 Å². The van der Waals surface area contributed by atoms with Gasteiger partial charge in [-0.1, -0.05) is 29.5 Å². The Balaban J connectivity index is 1.34. The van der Waals surface area contributed by atoms with Gasteiger partial charge in [0.1, 0.15) is 11.5 Å². The van der Waals surface area contributed by atoms with Crippen molar-refractivity contribution in [1.29, 1.82) is 0 Å². The molecule has 29 heavy (non-hydrogen) atoms. The molecule has 7 heteroatoms. The van der Waals surface area contributed by atoms with Gasteiger partial charge in [0.2, 0.25) is 5.91 Å². The van der Waals surface area contributed by atoms with E-state index in [1.165, 1.54) is 16.9 Å². The highest BCUT2D eigenvalue weighted by Gasteiger charge is 2.17. The average molecular weight is 410 g/mol. The molecule has 0 aliphatic carbocycles. The molecule has 0 saturated heterocycles. The first-order chi connectivity index (χ1) is 14.1. The third kappa shape index (κ3) is 4.75. The quantitative estimate of drug-likeness (QED) is 0.640. The molecule has 0 fully saturated rings. The minimum absolute atomic E-state index is 0.0597. The van der Waals surface area contributed by atoms with E-state index in [2.05, 4.69) is 21.3 Å². The minimum atomic E-state index is -0.0597. The lowest BCUT2D eigenvalue weighted by molar-refractivity contribution is -0.117. The Morgan fingerprint density at radius 1 is 1.28 bits per heavy atom. The lowest BCUT2D eigenvalue weighted by Crippen LogP contribution is -2.36. The predicted octanol–water partition coefficient (Wildman–Crippen LogP) is 4.13. The molecule has 1 amide bonds. The van der Waals surface area contributed by atoms with Crippen molar-refractivity contribution in [2.45, 2.75) is 13.3 Å². The SMILES string of the molecule is CCOc1ccc2nc(NC(=O)CN3CC=C(c4ccc(O)cc4)CC3)sc2c1. The molecule has 150 valence electrons. The summed E-state index contributed by atoms with van der Waals surface area (Å²) in [5.41, 5.74) is 3.22. The fourth-order valence-electron chi connectivity index (χ4n) is 3.37. The maximum Gasteiger partial charge on any atom is 0.240 e. The van der Waals surface area contributed by atoms with Gasteiger partial charge >= 0.3 is 0 Å². The van der Waals surface area contributed by atoms with Crippen molar-refractivity contribution in [3.8, 4) is 11.5 Å². The van der Waals surface area contributed by atoms with Gasteiger partial charge in [-0.3, -0.25) is 9.69 Å². The number of nitrogens with zero attached hydrogens (tertiary/aromatic N) is 2. The summed E-state index contributed by atoms with van der Waals surface area (Å²) in [5, 5.41) is 12.9. The van der Waals surface area contributed by atoms with Gasteiger partial charge in [-0.15, -0.1) is 0 Å². The van der Waals surface area contributed by atoms with Gasteiger partial charge in [0.25, 0.3) is 0 Å². The Kier molecular flexibility index (Phi) is 5.78. The zero-order valence-electron chi connectivity index (χ0n) is 16.2. The van der Waals surface area contributed by atoms with Crippen molar-refractivity contribution in [2.75, 3.05) is 31.6 Å². The van der Waals surface area contributed by atoms with Crippen LogP contribution >= 0.6 is 11.3 Å². The lowest BCUT2D eigenvalue weighted by Gasteiger charge is -2.25. The molecule has 1 aromatic heterocycles. The molecule has 1 aliphatic rings. The van der Waals surface area contributed by atoms with Crippen LogP contribution in [0.4, 0.5) is 5.13 Å². The summed E-state index contributed by atoms with van der Waals surface area (Å²) in [6.07, 6.45) is 3.02. The van der Waals surface area contributed by atoms with Crippen molar-refractivity contribution in [2.24, 2.45) is 0 Å². The summed E-state index contributed by atoms with van der Waals surface area (Å²) in [7, 11) is 0. The number of carbonyl (C=O) groups excluding carboxylic acids is 1. The van der Waals surface area contributed by atoms with Gasteiger partial charge in [0.15, 0.2) is 5.13 Å². The summed E-state index contributed by atoms with van der Waals surface area (Å²) >= 11 is 1.45. The summed E-state index contributed by atoms with van der Waals surface area (Å²) in [4.78, 5) is 19.1. The molecule has 1 aliphatic heterocycles. The second kappa shape index (κ2) is 8.63. The van der Waals surface area contributed by atoms with Gasteiger partial charge in [-0.05, 0) is 54.8 Å². The molecule has 2 heterocycles. The highest BCUT2D eigenvalue weighted by Crippen LogP contribution is 2.29. The molecular weight excluding hydrogens is 386 g/mol. The van der Waals surface area contributed by atoms with Gasteiger partial charge < -0.3 is 15.2 Å². The normalized spacial score (nSPS) is 14.6. The lowest BCUT2D eigenvalue weighted by atomic mass is 9.99. The van der Waals surface area contributed by atoms with Gasteiger partial charge in [0, 0.05) is 13.1 Å². The van der Waals surface area contributed by atoms with Crippen LogP contribution in [0.3, 0.4) is 0 Å². The van der Waals surface area contributed by atoms with Gasteiger partial charge in [-0.2, -0.15) is 0 Å². The summed E-state index contributed by atoms with van der Waals surface area (Å²) in [6.45, 7) is 4.44. The second-order valence-electron chi connectivity index (χ2n) is 6.89. The maximum absolute atomic E-state index is 12.5. The van der Waals surface area contributed by atoms with Crippen molar-refractivity contribution in [1.82, 2.24) is 9.88 Å².